The maximum atomic E-state index is 10.0. The number of hydrogen-bond acceptors (Lipinski definition) is 5. The molecule has 0 bridgehead atoms. The summed E-state index contributed by atoms with van der Waals surface area (Å²) in [7, 11) is 0. The Morgan fingerprint density at radius 3 is 2.72 bits per heavy atom. The quantitative estimate of drug-likeness (QED) is 0.632. The van der Waals surface area contributed by atoms with E-state index in [0.29, 0.717) is 6.04 Å². The monoisotopic (exact) mass is 391 g/mol. The second-order valence-electron chi connectivity index (χ2n) is 8.08. The van der Waals surface area contributed by atoms with Crippen molar-refractivity contribution < 1.29 is 9.84 Å². The van der Waals surface area contributed by atoms with Gasteiger partial charge in [0.2, 0.25) is 0 Å². The molecule has 3 aromatic rings. The van der Waals surface area contributed by atoms with Crippen LogP contribution in [0.5, 0.6) is 11.5 Å². The molecule has 2 aromatic carbocycles. The third kappa shape index (κ3) is 4.98. The fourth-order valence-corrected chi connectivity index (χ4v) is 4.00. The molecule has 1 aromatic heterocycles. The number of nitrogens with zero attached hydrogens (tertiary/aromatic N) is 2. The third-order valence-electron chi connectivity index (χ3n) is 5.33. The van der Waals surface area contributed by atoms with E-state index in [4.69, 9.17) is 4.74 Å². The van der Waals surface area contributed by atoms with Crippen LogP contribution in [0.3, 0.4) is 0 Å². The van der Waals surface area contributed by atoms with Gasteiger partial charge in [0.15, 0.2) is 0 Å². The predicted molar refractivity (Wildman–Crippen MR) is 118 cm³/mol. The van der Waals surface area contributed by atoms with Gasteiger partial charge in [-0.2, -0.15) is 0 Å². The number of fused-ring (bicyclic) bond motifs is 1. The van der Waals surface area contributed by atoms with Crippen LogP contribution < -0.4 is 10.1 Å². The molecular formula is C24H29N3O2. The average Bonchev–Trinajstić information content (AvgIpc) is 2.69. The molecule has 0 spiro atoms. The summed E-state index contributed by atoms with van der Waals surface area (Å²) >= 11 is 0. The van der Waals surface area contributed by atoms with Crippen molar-refractivity contribution in [1.29, 1.82) is 0 Å². The van der Waals surface area contributed by atoms with Crippen molar-refractivity contribution in [3.05, 3.63) is 60.3 Å². The average molecular weight is 392 g/mol. The molecular weight excluding hydrogens is 362 g/mol. The van der Waals surface area contributed by atoms with E-state index in [1.807, 2.05) is 32.2 Å². The maximum absolute atomic E-state index is 10.0. The number of benzene rings is 2. The summed E-state index contributed by atoms with van der Waals surface area (Å²) < 4.78 is 5.75. The van der Waals surface area contributed by atoms with Crippen LogP contribution in [0.15, 0.2) is 54.7 Å². The SMILES string of the molecule is CC(C)Oc1cc(O)cc(CN2CCC(Nc3nccc4ccccc34)CC2)c1. The Labute approximate surface area is 172 Å². The van der Waals surface area contributed by atoms with E-state index >= 15 is 0 Å². The minimum absolute atomic E-state index is 0.0918. The van der Waals surface area contributed by atoms with Crippen molar-refractivity contribution in [3.63, 3.8) is 0 Å². The lowest BCUT2D eigenvalue weighted by molar-refractivity contribution is 0.209. The summed E-state index contributed by atoms with van der Waals surface area (Å²) in [5.74, 6) is 1.97. The van der Waals surface area contributed by atoms with Crippen LogP contribution in [-0.4, -0.2) is 40.2 Å². The van der Waals surface area contributed by atoms with Crippen molar-refractivity contribution in [2.75, 3.05) is 18.4 Å². The van der Waals surface area contributed by atoms with E-state index < -0.39 is 0 Å². The van der Waals surface area contributed by atoms with Crippen LogP contribution in [-0.2, 0) is 6.54 Å². The number of phenolic OH excluding ortho intramolecular Hbond substituents is 1. The number of piperidine rings is 1. The predicted octanol–water partition coefficient (Wildman–Crippen LogP) is 4.80. The van der Waals surface area contributed by atoms with Crippen LogP contribution in [0.2, 0.25) is 0 Å². The third-order valence-corrected chi connectivity index (χ3v) is 5.33. The molecule has 0 radical (unpaired) electrons. The highest BCUT2D eigenvalue weighted by Crippen LogP contribution is 2.26. The molecule has 2 heterocycles. The molecule has 2 N–H and O–H groups in total. The molecule has 1 aliphatic rings. The summed E-state index contributed by atoms with van der Waals surface area (Å²) in [6, 6.07) is 16.4. The van der Waals surface area contributed by atoms with E-state index in [1.54, 1.807) is 6.07 Å². The van der Waals surface area contributed by atoms with Crippen LogP contribution in [0, 0.1) is 0 Å². The Balaban J connectivity index is 1.36. The van der Waals surface area contributed by atoms with Crippen LogP contribution in [0.1, 0.15) is 32.3 Å². The molecule has 4 rings (SSSR count). The topological polar surface area (TPSA) is 57.6 Å². The molecule has 0 saturated carbocycles. The fraction of sp³-hybridized carbons (Fsp3) is 0.375. The summed E-state index contributed by atoms with van der Waals surface area (Å²) in [4.78, 5) is 7.00. The highest BCUT2D eigenvalue weighted by molar-refractivity contribution is 5.91. The second-order valence-corrected chi connectivity index (χ2v) is 8.08. The molecule has 0 unspecified atom stereocenters. The molecule has 5 heteroatoms. The van der Waals surface area contributed by atoms with Gasteiger partial charge in [0.05, 0.1) is 6.10 Å². The van der Waals surface area contributed by atoms with Crippen LogP contribution in [0.4, 0.5) is 5.82 Å². The number of ether oxygens (including phenoxy) is 1. The van der Waals surface area contributed by atoms with Gasteiger partial charge in [-0.15, -0.1) is 0 Å². The minimum atomic E-state index is 0.0918. The van der Waals surface area contributed by atoms with Crippen molar-refractivity contribution >= 4 is 16.6 Å². The zero-order chi connectivity index (χ0) is 20.2. The molecule has 0 amide bonds. The lowest BCUT2D eigenvalue weighted by atomic mass is 10.0. The standard InChI is InChI=1S/C24H29N3O2/c1-17(2)29-22-14-18(13-21(28)15-22)16-27-11-8-20(9-12-27)26-24-23-6-4-3-5-19(23)7-10-25-24/h3-7,10,13-15,17,20,28H,8-9,11-12,16H2,1-2H3,(H,25,26). The van der Waals surface area contributed by atoms with Crippen molar-refractivity contribution in [2.45, 2.75) is 45.4 Å². The van der Waals surface area contributed by atoms with Gasteiger partial charge >= 0.3 is 0 Å². The van der Waals surface area contributed by atoms with Gasteiger partial charge in [-0.3, -0.25) is 4.90 Å². The summed E-state index contributed by atoms with van der Waals surface area (Å²) in [6.07, 6.45) is 4.10. The number of anilines is 1. The van der Waals surface area contributed by atoms with Crippen molar-refractivity contribution in [1.82, 2.24) is 9.88 Å². The maximum Gasteiger partial charge on any atom is 0.134 e. The zero-order valence-corrected chi connectivity index (χ0v) is 17.1. The second kappa shape index (κ2) is 8.70. The number of likely N-dealkylation sites (tertiary alicyclic amines) is 1. The molecule has 5 nitrogen and oxygen atoms in total. The smallest absolute Gasteiger partial charge is 0.134 e. The number of rotatable bonds is 6. The number of hydrogen-bond donors (Lipinski definition) is 2. The first kappa shape index (κ1) is 19.5. The fourth-order valence-electron chi connectivity index (χ4n) is 4.00. The first-order valence-electron chi connectivity index (χ1n) is 10.4. The molecule has 152 valence electrons. The summed E-state index contributed by atoms with van der Waals surface area (Å²) in [5, 5.41) is 16.1. The van der Waals surface area contributed by atoms with Crippen LogP contribution >= 0.6 is 0 Å². The number of phenols is 1. The minimum Gasteiger partial charge on any atom is -0.508 e. The Morgan fingerprint density at radius 1 is 1.14 bits per heavy atom. The highest BCUT2D eigenvalue weighted by Gasteiger charge is 2.20. The Bertz CT molecular complexity index is 960. The van der Waals surface area contributed by atoms with Crippen molar-refractivity contribution in [3.8, 4) is 11.5 Å². The number of aromatic hydroxyl groups is 1. The van der Waals surface area contributed by atoms with E-state index in [1.165, 1.54) is 10.8 Å². The van der Waals surface area contributed by atoms with E-state index in [9.17, 15) is 5.11 Å². The van der Waals surface area contributed by atoms with Gasteiger partial charge in [-0.1, -0.05) is 24.3 Å². The molecule has 29 heavy (non-hydrogen) atoms. The van der Waals surface area contributed by atoms with E-state index in [-0.39, 0.29) is 11.9 Å². The number of nitrogens with one attached hydrogen (secondary N) is 1. The van der Waals surface area contributed by atoms with E-state index in [2.05, 4.69) is 45.5 Å². The Kier molecular flexibility index (Phi) is 5.86. The first-order valence-corrected chi connectivity index (χ1v) is 10.4. The number of aromatic nitrogens is 1. The summed E-state index contributed by atoms with van der Waals surface area (Å²) in [6.45, 7) is 6.83. The number of pyridine rings is 1. The van der Waals surface area contributed by atoms with E-state index in [0.717, 1.165) is 49.6 Å². The largest absolute Gasteiger partial charge is 0.508 e. The first-order chi connectivity index (χ1) is 14.1. The van der Waals surface area contributed by atoms with Gasteiger partial charge in [0.25, 0.3) is 0 Å². The lowest BCUT2D eigenvalue weighted by Gasteiger charge is -2.33. The van der Waals surface area contributed by atoms with Gasteiger partial charge in [-0.05, 0) is 55.8 Å². The molecule has 0 aliphatic carbocycles. The normalized spacial score (nSPS) is 15.7. The zero-order valence-electron chi connectivity index (χ0n) is 17.1. The van der Waals surface area contributed by atoms with Crippen molar-refractivity contribution in [2.24, 2.45) is 0 Å². The molecule has 0 atom stereocenters. The molecule has 1 aliphatic heterocycles. The Morgan fingerprint density at radius 2 is 1.93 bits per heavy atom. The van der Waals surface area contributed by atoms with Crippen LogP contribution in [0.25, 0.3) is 10.8 Å². The van der Waals surface area contributed by atoms with Gasteiger partial charge in [-0.25, -0.2) is 4.98 Å². The molecule has 1 fully saturated rings. The van der Waals surface area contributed by atoms with Gasteiger partial charge in [0, 0.05) is 43.3 Å². The van der Waals surface area contributed by atoms with Gasteiger partial charge < -0.3 is 15.2 Å². The summed E-state index contributed by atoms with van der Waals surface area (Å²) in [5.41, 5.74) is 1.09. The molecule has 1 saturated heterocycles. The van der Waals surface area contributed by atoms with Gasteiger partial charge in [0.1, 0.15) is 17.3 Å². The lowest BCUT2D eigenvalue weighted by Crippen LogP contribution is -2.38. The Hall–Kier alpha value is -2.79. The highest BCUT2D eigenvalue weighted by atomic mass is 16.5.